The van der Waals surface area contributed by atoms with E-state index in [-0.39, 0.29) is 23.4 Å². The average Bonchev–Trinajstić information content (AvgIpc) is 2.68. The number of carbonyl (C=O) groups is 2. The first-order chi connectivity index (χ1) is 13.4. The Morgan fingerprint density at radius 2 is 1.68 bits per heavy atom. The van der Waals surface area contributed by atoms with Gasteiger partial charge in [-0.2, -0.15) is 0 Å². The second kappa shape index (κ2) is 8.39. The number of nitrogens with zero attached hydrogens (tertiary/aromatic N) is 1. The molecule has 1 aromatic heterocycles. The molecule has 7 heteroatoms. The van der Waals surface area contributed by atoms with Crippen LogP contribution in [0.4, 0.5) is 8.78 Å². The summed E-state index contributed by atoms with van der Waals surface area (Å²) >= 11 is 0. The van der Waals surface area contributed by atoms with Crippen LogP contribution in [-0.2, 0) is 4.79 Å². The van der Waals surface area contributed by atoms with E-state index >= 15 is 0 Å². The number of carboxylic acids is 1. The highest BCUT2D eigenvalue weighted by molar-refractivity contribution is 5.93. The summed E-state index contributed by atoms with van der Waals surface area (Å²) < 4.78 is 27.1. The topological polar surface area (TPSA) is 79.3 Å². The first-order valence-electron chi connectivity index (χ1n) is 8.44. The summed E-state index contributed by atoms with van der Waals surface area (Å²) in [7, 11) is 0. The second-order valence-corrected chi connectivity index (χ2v) is 6.06. The lowest BCUT2D eigenvalue weighted by atomic mass is 10.0. The number of hydrogen-bond acceptors (Lipinski definition) is 3. The molecule has 0 saturated heterocycles. The van der Waals surface area contributed by atoms with E-state index in [0.717, 1.165) is 0 Å². The minimum Gasteiger partial charge on any atom is -0.481 e. The van der Waals surface area contributed by atoms with Gasteiger partial charge in [0.15, 0.2) is 0 Å². The predicted molar refractivity (Wildman–Crippen MR) is 98.5 cm³/mol. The normalized spacial score (nSPS) is 11.6. The van der Waals surface area contributed by atoms with E-state index in [1.807, 2.05) is 0 Å². The van der Waals surface area contributed by atoms with E-state index in [0.29, 0.717) is 5.56 Å². The smallest absolute Gasteiger partial charge is 0.305 e. The molecule has 142 valence electrons. The highest BCUT2D eigenvalue weighted by Gasteiger charge is 2.20. The molecule has 0 aliphatic heterocycles. The van der Waals surface area contributed by atoms with Gasteiger partial charge in [-0.25, -0.2) is 13.8 Å². The molecule has 1 amide bonds. The van der Waals surface area contributed by atoms with Crippen molar-refractivity contribution in [3.05, 3.63) is 89.6 Å². The number of hydrogen-bond donors (Lipinski definition) is 2. The Bertz CT molecular complexity index is 1010. The maximum absolute atomic E-state index is 14.0. The summed E-state index contributed by atoms with van der Waals surface area (Å²) in [5, 5.41) is 11.7. The molecule has 3 rings (SSSR count). The van der Waals surface area contributed by atoms with Crippen LogP contribution in [0.5, 0.6) is 0 Å². The van der Waals surface area contributed by atoms with Gasteiger partial charge in [0.25, 0.3) is 5.91 Å². The third-order valence-electron chi connectivity index (χ3n) is 4.09. The molecule has 0 bridgehead atoms. The molecule has 1 unspecified atom stereocenters. The number of amides is 1. The number of halogens is 2. The van der Waals surface area contributed by atoms with Crippen molar-refractivity contribution in [3.63, 3.8) is 0 Å². The first-order valence-corrected chi connectivity index (χ1v) is 8.44. The van der Waals surface area contributed by atoms with Gasteiger partial charge >= 0.3 is 5.97 Å². The summed E-state index contributed by atoms with van der Waals surface area (Å²) in [5.41, 5.74) is 0.987. The number of aliphatic carboxylic acids is 1. The summed E-state index contributed by atoms with van der Waals surface area (Å²) in [5.74, 6) is -2.68. The standard InChI is InChI=1S/C21H16F2N2O3/c22-14-10-8-13(9-11-14)19(12-20(26)27)25-21(28)18-7-3-6-17(24-18)15-4-1-2-5-16(15)23/h1-11,19H,12H2,(H,25,28)(H,26,27). The highest BCUT2D eigenvalue weighted by Crippen LogP contribution is 2.22. The monoisotopic (exact) mass is 382 g/mol. The van der Waals surface area contributed by atoms with E-state index < -0.39 is 29.6 Å². The van der Waals surface area contributed by atoms with Crippen molar-refractivity contribution in [3.8, 4) is 11.3 Å². The van der Waals surface area contributed by atoms with E-state index in [1.54, 1.807) is 30.3 Å². The van der Waals surface area contributed by atoms with Gasteiger partial charge in [-0.05, 0) is 42.0 Å². The van der Waals surface area contributed by atoms with Crippen molar-refractivity contribution in [2.45, 2.75) is 12.5 Å². The van der Waals surface area contributed by atoms with Crippen molar-refractivity contribution >= 4 is 11.9 Å². The molecule has 28 heavy (non-hydrogen) atoms. The summed E-state index contributed by atoms with van der Waals surface area (Å²) in [4.78, 5) is 28.0. The fourth-order valence-corrected chi connectivity index (χ4v) is 2.73. The molecule has 3 aromatic rings. The van der Waals surface area contributed by atoms with Crippen LogP contribution < -0.4 is 5.32 Å². The summed E-state index contributed by atoms with van der Waals surface area (Å²) in [6, 6.07) is 15.0. The van der Waals surface area contributed by atoms with Gasteiger partial charge in [0.1, 0.15) is 17.3 Å². The first kappa shape index (κ1) is 19.2. The van der Waals surface area contributed by atoms with Crippen LogP contribution in [0.2, 0.25) is 0 Å². The second-order valence-electron chi connectivity index (χ2n) is 6.06. The number of nitrogens with one attached hydrogen (secondary N) is 1. The molecule has 0 aliphatic carbocycles. The SMILES string of the molecule is O=C(O)CC(NC(=O)c1cccc(-c2ccccc2F)n1)c1ccc(F)cc1. The predicted octanol–water partition coefficient (Wildman–Crippen LogP) is 3.97. The highest BCUT2D eigenvalue weighted by atomic mass is 19.1. The van der Waals surface area contributed by atoms with Crippen LogP contribution in [0.3, 0.4) is 0 Å². The van der Waals surface area contributed by atoms with Gasteiger partial charge in [-0.1, -0.05) is 30.3 Å². The average molecular weight is 382 g/mol. The zero-order valence-corrected chi connectivity index (χ0v) is 14.6. The minimum absolute atomic E-state index is 0.0123. The molecule has 2 N–H and O–H groups in total. The lowest BCUT2D eigenvalue weighted by molar-refractivity contribution is -0.137. The lowest BCUT2D eigenvalue weighted by Crippen LogP contribution is -2.30. The maximum atomic E-state index is 14.0. The Morgan fingerprint density at radius 3 is 2.36 bits per heavy atom. The van der Waals surface area contributed by atoms with Crippen molar-refractivity contribution in [1.29, 1.82) is 0 Å². The fourth-order valence-electron chi connectivity index (χ4n) is 2.73. The Kier molecular flexibility index (Phi) is 5.74. The van der Waals surface area contributed by atoms with Crippen LogP contribution in [0.15, 0.2) is 66.7 Å². The van der Waals surface area contributed by atoms with E-state index in [9.17, 15) is 18.4 Å². The Labute approximate surface area is 159 Å². The maximum Gasteiger partial charge on any atom is 0.305 e. The molecular weight excluding hydrogens is 366 g/mol. The minimum atomic E-state index is -1.12. The third kappa shape index (κ3) is 4.56. The van der Waals surface area contributed by atoms with Crippen molar-refractivity contribution < 1.29 is 23.5 Å². The van der Waals surface area contributed by atoms with Crippen molar-refractivity contribution in [2.75, 3.05) is 0 Å². The van der Waals surface area contributed by atoms with E-state index in [1.165, 1.54) is 36.4 Å². The van der Waals surface area contributed by atoms with Crippen LogP contribution >= 0.6 is 0 Å². The summed E-state index contributed by atoms with van der Waals surface area (Å²) in [6.07, 6.45) is -0.385. The molecule has 0 spiro atoms. The van der Waals surface area contributed by atoms with Crippen LogP contribution in [0.25, 0.3) is 11.3 Å². The fraction of sp³-hybridized carbons (Fsp3) is 0.0952. The largest absolute Gasteiger partial charge is 0.481 e. The number of carbonyl (C=O) groups excluding carboxylic acids is 1. The van der Waals surface area contributed by atoms with Gasteiger partial charge in [-0.15, -0.1) is 0 Å². The van der Waals surface area contributed by atoms with Crippen LogP contribution in [0.1, 0.15) is 28.5 Å². The van der Waals surface area contributed by atoms with Crippen molar-refractivity contribution in [1.82, 2.24) is 10.3 Å². The Balaban J connectivity index is 1.86. The van der Waals surface area contributed by atoms with Crippen molar-refractivity contribution in [2.24, 2.45) is 0 Å². The summed E-state index contributed by atoms with van der Waals surface area (Å²) in [6.45, 7) is 0. The zero-order valence-electron chi connectivity index (χ0n) is 14.6. The molecule has 1 heterocycles. The number of rotatable bonds is 6. The quantitative estimate of drug-likeness (QED) is 0.676. The van der Waals surface area contributed by atoms with Crippen LogP contribution in [-0.4, -0.2) is 22.0 Å². The van der Waals surface area contributed by atoms with Crippen LogP contribution in [0, 0.1) is 11.6 Å². The molecule has 0 aliphatic rings. The Morgan fingerprint density at radius 1 is 0.964 bits per heavy atom. The van der Waals surface area contributed by atoms with E-state index in [4.69, 9.17) is 5.11 Å². The van der Waals surface area contributed by atoms with E-state index in [2.05, 4.69) is 10.3 Å². The van der Waals surface area contributed by atoms with Gasteiger partial charge < -0.3 is 10.4 Å². The molecular formula is C21H16F2N2O3. The molecule has 5 nitrogen and oxygen atoms in total. The van der Waals surface area contributed by atoms with Gasteiger partial charge in [0, 0.05) is 5.56 Å². The third-order valence-corrected chi connectivity index (χ3v) is 4.09. The Hall–Kier alpha value is -3.61. The lowest BCUT2D eigenvalue weighted by Gasteiger charge is -2.17. The zero-order chi connectivity index (χ0) is 20.1. The van der Waals surface area contributed by atoms with Gasteiger partial charge in [0.2, 0.25) is 0 Å². The molecule has 2 aromatic carbocycles. The number of benzene rings is 2. The molecule has 0 radical (unpaired) electrons. The number of pyridine rings is 1. The molecule has 0 fully saturated rings. The number of aromatic nitrogens is 1. The number of carboxylic acid groups (broad SMARTS) is 1. The van der Waals surface area contributed by atoms with Gasteiger partial charge in [-0.3, -0.25) is 9.59 Å². The molecule has 1 atom stereocenters. The molecule has 0 saturated carbocycles. The van der Waals surface area contributed by atoms with Gasteiger partial charge in [0.05, 0.1) is 18.2 Å².